The molecule has 7 heteroatoms. The van der Waals surface area contributed by atoms with Crippen molar-refractivity contribution in [2.45, 2.75) is 18.0 Å². The van der Waals surface area contributed by atoms with Gasteiger partial charge in [0.25, 0.3) is 0 Å². The van der Waals surface area contributed by atoms with Gasteiger partial charge in [-0.05, 0) is 29.8 Å². The molecule has 0 saturated carbocycles. The number of amides is 1. The Balaban J connectivity index is 1.92. The van der Waals surface area contributed by atoms with Crippen molar-refractivity contribution >= 4 is 29.3 Å². The molecule has 0 spiro atoms. The van der Waals surface area contributed by atoms with Crippen molar-refractivity contribution in [3.63, 3.8) is 0 Å². The lowest BCUT2D eigenvalue weighted by molar-refractivity contribution is -0.117. The fourth-order valence-electron chi connectivity index (χ4n) is 2.38. The molecule has 0 unspecified atom stereocenters. The molecule has 0 aliphatic rings. The number of nitrogens with two attached hydrogens (primary N) is 1. The highest BCUT2D eigenvalue weighted by Crippen LogP contribution is 2.25. The Hall–Kier alpha value is -2.31. The van der Waals surface area contributed by atoms with Gasteiger partial charge >= 0.3 is 0 Å². The van der Waals surface area contributed by atoms with Crippen LogP contribution in [0.5, 0.6) is 0 Å². The molecule has 128 valence electrons. The summed E-state index contributed by atoms with van der Waals surface area (Å²) in [7, 11) is 0. The van der Waals surface area contributed by atoms with Gasteiger partial charge in [-0.1, -0.05) is 53.7 Å². The van der Waals surface area contributed by atoms with Crippen LogP contribution in [0.1, 0.15) is 17.8 Å². The zero-order valence-corrected chi connectivity index (χ0v) is 15.0. The van der Waals surface area contributed by atoms with E-state index in [4.69, 9.17) is 17.3 Å². The maximum Gasteiger partial charge on any atom is 0.218 e. The summed E-state index contributed by atoms with van der Waals surface area (Å²) < 4.78 is 2.00. The molecule has 1 aromatic heterocycles. The first-order chi connectivity index (χ1) is 12.1. The molecule has 0 aliphatic heterocycles. The summed E-state index contributed by atoms with van der Waals surface area (Å²) >= 11 is 7.47. The molecule has 0 saturated heterocycles. The molecule has 3 aromatic rings. The molecule has 0 aliphatic carbocycles. The first-order valence-corrected chi connectivity index (χ1v) is 9.15. The van der Waals surface area contributed by atoms with Crippen LogP contribution >= 0.6 is 23.4 Å². The number of hydrogen-bond acceptors (Lipinski definition) is 4. The van der Waals surface area contributed by atoms with Crippen LogP contribution in [0, 0.1) is 0 Å². The average Bonchev–Trinajstić information content (AvgIpc) is 2.99. The van der Waals surface area contributed by atoms with Gasteiger partial charge in [0.2, 0.25) is 5.91 Å². The fraction of sp³-hybridized carbons (Fsp3) is 0.167. The summed E-state index contributed by atoms with van der Waals surface area (Å²) in [6.45, 7) is 0. The fourth-order valence-corrected chi connectivity index (χ4v) is 3.43. The molecule has 0 fully saturated rings. The van der Waals surface area contributed by atoms with Gasteiger partial charge in [0, 0.05) is 29.3 Å². The van der Waals surface area contributed by atoms with E-state index >= 15 is 0 Å². The van der Waals surface area contributed by atoms with Gasteiger partial charge in [-0.2, -0.15) is 0 Å². The number of halogens is 1. The zero-order chi connectivity index (χ0) is 17.6. The zero-order valence-electron chi connectivity index (χ0n) is 13.4. The smallest absolute Gasteiger partial charge is 0.218 e. The Morgan fingerprint density at radius 1 is 1.08 bits per heavy atom. The Kier molecular flexibility index (Phi) is 5.73. The SMILES string of the molecule is NC(=O)CCSc1nnc(Cc2ccccc2)n1-c1ccc(Cl)cc1. The first kappa shape index (κ1) is 17.5. The van der Waals surface area contributed by atoms with Crippen molar-refractivity contribution < 1.29 is 4.79 Å². The van der Waals surface area contributed by atoms with Gasteiger partial charge in [0.1, 0.15) is 5.82 Å². The van der Waals surface area contributed by atoms with Crippen LogP contribution in [0.3, 0.4) is 0 Å². The van der Waals surface area contributed by atoms with E-state index in [1.165, 1.54) is 11.8 Å². The van der Waals surface area contributed by atoms with Crippen molar-refractivity contribution in [3.8, 4) is 5.69 Å². The van der Waals surface area contributed by atoms with Gasteiger partial charge in [0.05, 0.1) is 0 Å². The standard InChI is InChI=1S/C18H17ClN4OS/c19-14-6-8-15(9-7-14)23-17(12-13-4-2-1-3-5-13)21-22-18(23)25-11-10-16(20)24/h1-9H,10-12H2,(H2,20,24). The number of primary amides is 1. The molecule has 0 radical (unpaired) electrons. The van der Waals surface area contributed by atoms with E-state index in [-0.39, 0.29) is 5.91 Å². The number of carbonyl (C=O) groups is 1. The van der Waals surface area contributed by atoms with Crippen LogP contribution in [0.2, 0.25) is 5.02 Å². The third kappa shape index (κ3) is 4.61. The van der Waals surface area contributed by atoms with Gasteiger partial charge < -0.3 is 5.73 Å². The van der Waals surface area contributed by atoms with Crippen molar-refractivity contribution in [3.05, 3.63) is 71.0 Å². The minimum Gasteiger partial charge on any atom is -0.370 e. The number of rotatable bonds is 7. The number of benzene rings is 2. The monoisotopic (exact) mass is 372 g/mol. The third-order valence-electron chi connectivity index (χ3n) is 3.57. The molecule has 1 amide bonds. The highest BCUT2D eigenvalue weighted by atomic mass is 35.5. The lowest BCUT2D eigenvalue weighted by Crippen LogP contribution is -2.11. The summed E-state index contributed by atoms with van der Waals surface area (Å²) in [5.74, 6) is 1.07. The largest absolute Gasteiger partial charge is 0.370 e. The summed E-state index contributed by atoms with van der Waals surface area (Å²) in [5.41, 5.74) is 7.30. The van der Waals surface area contributed by atoms with E-state index in [2.05, 4.69) is 22.3 Å². The van der Waals surface area contributed by atoms with Gasteiger partial charge in [-0.25, -0.2) is 0 Å². The lowest BCUT2D eigenvalue weighted by Gasteiger charge is -2.10. The second kappa shape index (κ2) is 8.18. The molecule has 25 heavy (non-hydrogen) atoms. The lowest BCUT2D eigenvalue weighted by atomic mass is 10.1. The number of nitrogens with zero attached hydrogens (tertiary/aromatic N) is 3. The van der Waals surface area contributed by atoms with Crippen LogP contribution < -0.4 is 5.73 Å². The third-order valence-corrected chi connectivity index (χ3v) is 4.75. The molecule has 2 N–H and O–H groups in total. The van der Waals surface area contributed by atoms with Gasteiger partial charge in [-0.15, -0.1) is 10.2 Å². The molecular weight excluding hydrogens is 356 g/mol. The molecule has 1 heterocycles. The Morgan fingerprint density at radius 3 is 2.48 bits per heavy atom. The molecular formula is C18H17ClN4OS. The molecule has 0 atom stereocenters. The number of hydrogen-bond donors (Lipinski definition) is 1. The number of aromatic nitrogens is 3. The Labute approximate surface area is 155 Å². The second-order valence-electron chi connectivity index (χ2n) is 5.44. The first-order valence-electron chi connectivity index (χ1n) is 7.79. The Bertz CT molecular complexity index is 849. The van der Waals surface area contributed by atoms with E-state index in [1.54, 1.807) is 0 Å². The van der Waals surface area contributed by atoms with Crippen LogP contribution in [0.4, 0.5) is 0 Å². The van der Waals surface area contributed by atoms with Gasteiger partial charge in [0.15, 0.2) is 5.16 Å². The molecule has 0 bridgehead atoms. The normalized spacial score (nSPS) is 10.8. The maximum absolute atomic E-state index is 11.0. The van der Waals surface area contributed by atoms with E-state index in [9.17, 15) is 4.79 Å². The number of carbonyl (C=O) groups excluding carboxylic acids is 1. The van der Waals surface area contributed by atoms with Crippen LogP contribution in [-0.2, 0) is 11.2 Å². The van der Waals surface area contributed by atoms with E-state index in [1.807, 2.05) is 47.0 Å². The average molecular weight is 373 g/mol. The van der Waals surface area contributed by atoms with Crippen molar-refractivity contribution in [1.82, 2.24) is 14.8 Å². The summed E-state index contributed by atoms with van der Waals surface area (Å²) in [4.78, 5) is 11.0. The van der Waals surface area contributed by atoms with Crippen LogP contribution in [0.15, 0.2) is 59.8 Å². The molecule has 2 aromatic carbocycles. The van der Waals surface area contributed by atoms with E-state index in [0.29, 0.717) is 23.6 Å². The number of thioether (sulfide) groups is 1. The van der Waals surface area contributed by atoms with E-state index < -0.39 is 0 Å². The van der Waals surface area contributed by atoms with Crippen molar-refractivity contribution in [1.29, 1.82) is 0 Å². The van der Waals surface area contributed by atoms with E-state index in [0.717, 1.165) is 22.2 Å². The van der Waals surface area contributed by atoms with Crippen LogP contribution in [-0.4, -0.2) is 26.4 Å². The minimum atomic E-state index is -0.324. The maximum atomic E-state index is 11.0. The Morgan fingerprint density at radius 2 is 1.80 bits per heavy atom. The highest BCUT2D eigenvalue weighted by Gasteiger charge is 2.15. The second-order valence-corrected chi connectivity index (χ2v) is 6.94. The van der Waals surface area contributed by atoms with Gasteiger partial charge in [-0.3, -0.25) is 9.36 Å². The summed E-state index contributed by atoms with van der Waals surface area (Å²) in [6.07, 6.45) is 0.957. The predicted molar refractivity (Wildman–Crippen MR) is 100 cm³/mol. The summed E-state index contributed by atoms with van der Waals surface area (Å²) in [6, 6.07) is 17.6. The molecule has 5 nitrogen and oxygen atoms in total. The molecule has 3 rings (SSSR count). The predicted octanol–water partition coefficient (Wildman–Crippen LogP) is 3.48. The summed E-state index contributed by atoms with van der Waals surface area (Å²) in [5, 5.41) is 10.1. The minimum absolute atomic E-state index is 0.298. The van der Waals surface area contributed by atoms with Crippen molar-refractivity contribution in [2.24, 2.45) is 5.73 Å². The highest BCUT2D eigenvalue weighted by molar-refractivity contribution is 7.99. The topological polar surface area (TPSA) is 73.8 Å². The van der Waals surface area contributed by atoms with Crippen LogP contribution in [0.25, 0.3) is 5.69 Å². The quantitative estimate of drug-likeness (QED) is 0.644. The van der Waals surface area contributed by atoms with Crippen molar-refractivity contribution in [2.75, 3.05) is 5.75 Å².